The Hall–Kier alpha value is -3.22. The zero-order valence-corrected chi connectivity index (χ0v) is 15.0. The van der Waals surface area contributed by atoms with Crippen molar-refractivity contribution in [3.8, 4) is 17.3 Å². The first-order valence-electron chi connectivity index (χ1n) is 8.34. The van der Waals surface area contributed by atoms with Gasteiger partial charge in [-0.3, -0.25) is 9.89 Å². The van der Waals surface area contributed by atoms with Crippen molar-refractivity contribution in [2.45, 2.75) is 26.3 Å². The average Bonchev–Trinajstić information content (AvgIpc) is 3.06. The Morgan fingerprint density at radius 3 is 2.88 bits per heavy atom. The molecule has 7 nitrogen and oxygen atoms in total. The molecule has 0 aliphatic heterocycles. The van der Waals surface area contributed by atoms with Crippen LogP contribution in [0.1, 0.15) is 28.7 Å². The van der Waals surface area contributed by atoms with Gasteiger partial charge in [0, 0.05) is 41.5 Å². The van der Waals surface area contributed by atoms with Crippen molar-refractivity contribution in [1.82, 2.24) is 25.5 Å². The normalized spacial score (nSPS) is 11.8. The van der Waals surface area contributed by atoms with Gasteiger partial charge in [-0.25, -0.2) is 4.98 Å². The highest BCUT2D eigenvalue weighted by Gasteiger charge is 2.13. The summed E-state index contributed by atoms with van der Waals surface area (Å²) in [7, 11) is 1.55. The minimum atomic E-state index is -0.144. The third-order valence-corrected chi connectivity index (χ3v) is 3.87. The fraction of sp³-hybridized carbons (Fsp3) is 0.263. The minimum absolute atomic E-state index is 0.0399. The maximum atomic E-state index is 12.6. The Morgan fingerprint density at radius 2 is 2.15 bits per heavy atom. The van der Waals surface area contributed by atoms with Crippen LogP contribution in [-0.2, 0) is 6.42 Å². The van der Waals surface area contributed by atoms with Crippen molar-refractivity contribution < 1.29 is 9.53 Å². The van der Waals surface area contributed by atoms with Gasteiger partial charge >= 0.3 is 0 Å². The third-order valence-electron chi connectivity index (χ3n) is 3.87. The van der Waals surface area contributed by atoms with Gasteiger partial charge in [0.2, 0.25) is 5.88 Å². The topological polar surface area (TPSA) is 92.8 Å². The number of H-pyrrole nitrogens is 1. The lowest BCUT2D eigenvalue weighted by molar-refractivity contribution is 0.0940. The Labute approximate surface area is 151 Å². The third kappa shape index (κ3) is 4.24. The number of carbonyl (C=O) groups is 1. The molecule has 0 aliphatic rings. The number of methoxy groups -OCH3 is 1. The van der Waals surface area contributed by atoms with Crippen LogP contribution in [0, 0.1) is 6.92 Å². The van der Waals surface area contributed by atoms with Crippen LogP contribution in [0.15, 0.2) is 42.6 Å². The summed E-state index contributed by atoms with van der Waals surface area (Å²) in [5.74, 6) is 0.848. The number of aromatic nitrogens is 4. The smallest absolute Gasteiger partial charge is 0.251 e. The van der Waals surface area contributed by atoms with E-state index in [4.69, 9.17) is 4.74 Å². The number of nitrogens with zero attached hydrogens (tertiary/aromatic N) is 3. The van der Waals surface area contributed by atoms with Crippen LogP contribution in [0.4, 0.5) is 0 Å². The molecule has 0 fully saturated rings. The van der Waals surface area contributed by atoms with E-state index in [1.54, 1.807) is 31.5 Å². The molecule has 0 radical (unpaired) electrons. The van der Waals surface area contributed by atoms with Gasteiger partial charge in [0.05, 0.1) is 12.8 Å². The molecule has 0 bridgehead atoms. The molecule has 1 aromatic carbocycles. The summed E-state index contributed by atoms with van der Waals surface area (Å²) in [5.41, 5.74) is 3.24. The fourth-order valence-corrected chi connectivity index (χ4v) is 2.65. The molecule has 2 N–H and O–H groups in total. The lowest BCUT2D eigenvalue weighted by Crippen LogP contribution is -2.34. The average molecular weight is 351 g/mol. The van der Waals surface area contributed by atoms with E-state index >= 15 is 0 Å². The molecule has 0 saturated heterocycles. The molecule has 2 heterocycles. The highest BCUT2D eigenvalue weighted by molar-refractivity contribution is 5.95. The second-order valence-electron chi connectivity index (χ2n) is 6.12. The van der Waals surface area contributed by atoms with Gasteiger partial charge in [-0.2, -0.15) is 10.1 Å². The van der Waals surface area contributed by atoms with Crippen molar-refractivity contribution in [3.05, 3.63) is 59.5 Å². The summed E-state index contributed by atoms with van der Waals surface area (Å²) >= 11 is 0. The number of aromatic amines is 1. The molecular weight excluding hydrogens is 330 g/mol. The second kappa shape index (κ2) is 7.77. The highest BCUT2D eigenvalue weighted by atomic mass is 16.5. The van der Waals surface area contributed by atoms with Gasteiger partial charge in [0.1, 0.15) is 0 Å². The van der Waals surface area contributed by atoms with Crippen LogP contribution >= 0.6 is 0 Å². The largest absolute Gasteiger partial charge is 0.481 e. The number of amides is 1. The number of hydrogen-bond acceptors (Lipinski definition) is 5. The van der Waals surface area contributed by atoms with E-state index in [9.17, 15) is 4.79 Å². The van der Waals surface area contributed by atoms with E-state index in [1.807, 2.05) is 32.0 Å². The summed E-state index contributed by atoms with van der Waals surface area (Å²) in [4.78, 5) is 21.1. The monoisotopic (exact) mass is 351 g/mol. The first-order valence-corrected chi connectivity index (χ1v) is 8.34. The predicted molar refractivity (Wildman–Crippen MR) is 98.0 cm³/mol. The molecule has 3 aromatic rings. The van der Waals surface area contributed by atoms with Crippen LogP contribution in [0.2, 0.25) is 0 Å². The summed E-state index contributed by atoms with van der Waals surface area (Å²) in [6.45, 7) is 3.91. The van der Waals surface area contributed by atoms with Gasteiger partial charge in [0.25, 0.3) is 5.91 Å². The van der Waals surface area contributed by atoms with E-state index in [-0.39, 0.29) is 11.9 Å². The molecule has 0 aliphatic carbocycles. The molecule has 26 heavy (non-hydrogen) atoms. The minimum Gasteiger partial charge on any atom is -0.481 e. The van der Waals surface area contributed by atoms with Crippen LogP contribution in [0.25, 0.3) is 11.4 Å². The number of hydrogen-bond donors (Lipinski definition) is 2. The number of aryl methyl sites for hydroxylation is 1. The number of ether oxygens (including phenoxy) is 1. The van der Waals surface area contributed by atoms with Gasteiger partial charge in [-0.15, -0.1) is 0 Å². The van der Waals surface area contributed by atoms with E-state index in [0.717, 1.165) is 17.0 Å². The molecule has 0 spiro atoms. The molecule has 0 saturated carbocycles. The van der Waals surface area contributed by atoms with Crippen molar-refractivity contribution in [2.75, 3.05) is 7.11 Å². The second-order valence-corrected chi connectivity index (χ2v) is 6.12. The number of rotatable bonds is 6. The first-order chi connectivity index (χ1) is 12.5. The van der Waals surface area contributed by atoms with Crippen molar-refractivity contribution in [1.29, 1.82) is 0 Å². The first kappa shape index (κ1) is 17.6. The van der Waals surface area contributed by atoms with Crippen LogP contribution in [0.5, 0.6) is 5.88 Å². The Bertz CT molecular complexity index is 906. The van der Waals surface area contributed by atoms with Crippen molar-refractivity contribution >= 4 is 5.91 Å². The van der Waals surface area contributed by atoms with Gasteiger partial charge in [-0.05, 0) is 32.0 Å². The van der Waals surface area contributed by atoms with E-state index in [2.05, 4.69) is 25.5 Å². The van der Waals surface area contributed by atoms with Crippen molar-refractivity contribution in [2.24, 2.45) is 0 Å². The molecule has 1 atom stereocenters. The Balaban J connectivity index is 1.71. The summed E-state index contributed by atoms with van der Waals surface area (Å²) in [6, 6.07) is 10.8. The standard InChI is InChI=1S/C19H21N5O2/c1-12(9-16-10-13(2)23-24-16)21-19(25)15-6-4-5-14(11-15)18-20-8-7-17(22-18)26-3/h4-8,10-12H,9H2,1-3H3,(H,21,25)(H,23,24)/t12-/m1/s1. The summed E-state index contributed by atoms with van der Waals surface area (Å²) in [5, 5.41) is 10.1. The lowest BCUT2D eigenvalue weighted by atomic mass is 10.1. The Kier molecular flexibility index (Phi) is 5.26. The molecule has 2 aromatic heterocycles. The SMILES string of the molecule is COc1ccnc(-c2cccc(C(=O)N[C@H](C)Cc3cc(C)[nH]n3)c2)n1. The summed E-state index contributed by atoms with van der Waals surface area (Å²) in [6.07, 6.45) is 2.29. The molecule has 1 amide bonds. The maximum absolute atomic E-state index is 12.6. The van der Waals surface area contributed by atoms with Gasteiger partial charge in [0.15, 0.2) is 5.82 Å². The van der Waals surface area contributed by atoms with Crippen LogP contribution < -0.4 is 10.1 Å². The summed E-state index contributed by atoms with van der Waals surface area (Å²) < 4.78 is 5.13. The molecule has 134 valence electrons. The molecule has 3 rings (SSSR count). The predicted octanol–water partition coefficient (Wildman–Crippen LogP) is 2.54. The number of nitrogens with one attached hydrogen (secondary N) is 2. The van der Waals surface area contributed by atoms with Crippen LogP contribution in [-0.4, -0.2) is 39.2 Å². The maximum Gasteiger partial charge on any atom is 0.251 e. The number of benzene rings is 1. The fourth-order valence-electron chi connectivity index (χ4n) is 2.65. The van der Waals surface area contributed by atoms with Gasteiger partial charge in [-0.1, -0.05) is 12.1 Å². The van der Waals surface area contributed by atoms with Gasteiger partial charge < -0.3 is 10.1 Å². The van der Waals surface area contributed by atoms with E-state index in [0.29, 0.717) is 23.7 Å². The number of carbonyl (C=O) groups excluding carboxylic acids is 1. The molecule has 7 heteroatoms. The zero-order valence-electron chi connectivity index (χ0n) is 15.0. The van der Waals surface area contributed by atoms with E-state index in [1.165, 1.54) is 0 Å². The quantitative estimate of drug-likeness (QED) is 0.712. The van der Waals surface area contributed by atoms with Crippen LogP contribution in [0.3, 0.4) is 0 Å². The Morgan fingerprint density at radius 1 is 1.31 bits per heavy atom. The lowest BCUT2D eigenvalue weighted by Gasteiger charge is -2.13. The molecule has 0 unspecified atom stereocenters. The zero-order chi connectivity index (χ0) is 18.5. The van der Waals surface area contributed by atoms with E-state index < -0.39 is 0 Å². The van der Waals surface area contributed by atoms with Crippen molar-refractivity contribution in [3.63, 3.8) is 0 Å². The highest BCUT2D eigenvalue weighted by Crippen LogP contribution is 2.18. The molecular formula is C19H21N5O2.